The molecule has 0 aliphatic heterocycles. The highest BCUT2D eigenvalue weighted by Crippen LogP contribution is 2.32. The van der Waals surface area contributed by atoms with Crippen LogP contribution in [0.4, 0.5) is 5.69 Å². The van der Waals surface area contributed by atoms with Gasteiger partial charge in [-0.1, -0.05) is 30.3 Å². The molecule has 0 aliphatic rings. The van der Waals surface area contributed by atoms with Crippen molar-refractivity contribution in [2.75, 3.05) is 5.73 Å². The van der Waals surface area contributed by atoms with Crippen molar-refractivity contribution in [1.29, 1.82) is 0 Å². The van der Waals surface area contributed by atoms with Crippen LogP contribution >= 0.6 is 11.3 Å². The van der Waals surface area contributed by atoms with Gasteiger partial charge in [-0.05, 0) is 40.1 Å². The topological polar surface area (TPSA) is 52.0 Å². The largest absolute Gasteiger partial charge is 0.399 e. The van der Waals surface area contributed by atoms with Crippen LogP contribution < -0.4 is 11.5 Å². The number of nitrogen functional groups attached to an aromatic ring is 1. The lowest BCUT2D eigenvalue weighted by Gasteiger charge is -2.11. The lowest BCUT2D eigenvalue weighted by Crippen LogP contribution is -2.11. The van der Waals surface area contributed by atoms with E-state index in [1.807, 2.05) is 30.3 Å². The minimum Gasteiger partial charge on any atom is -0.399 e. The first-order valence-corrected chi connectivity index (χ1v) is 6.71. The molecule has 0 fully saturated rings. The van der Waals surface area contributed by atoms with Crippen LogP contribution in [0, 0.1) is 0 Å². The number of nitrogens with two attached hydrogens (primary N) is 2. The molecule has 90 valence electrons. The molecular weight excluding hydrogens is 240 g/mol. The van der Waals surface area contributed by atoms with Gasteiger partial charge in [-0.2, -0.15) is 0 Å². The Morgan fingerprint density at radius 2 is 1.67 bits per heavy atom. The van der Waals surface area contributed by atoms with E-state index in [4.69, 9.17) is 11.5 Å². The molecule has 3 aromatic rings. The normalized spacial score (nSPS) is 12.7. The van der Waals surface area contributed by atoms with E-state index >= 15 is 0 Å². The van der Waals surface area contributed by atoms with Gasteiger partial charge in [0.2, 0.25) is 0 Å². The summed E-state index contributed by atoms with van der Waals surface area (Å²) in [5.74, 6) is 0. The molecule has 0 radical (unpaired) electrons. The Balaban J connectivity index is 2.06. The summed E-state index contributed by atoms with van der Waals surface area (Å²) in [7, 11) is 0. The van der Waals surface area contributed by atoms with Gasteiger partial charge in [-0.25, -0.2) is 0 Å². The van der Waals surface area contributed by atoms with Crippen molar-refractivity contribution in [3.63, 3.8) is 0 Å². The predicted molar refractivity (Wildman–Crippen MR) is 78.7 cm³/mol. The zero-order valence-corrected chi connectivity index (χ0v) is 10.7. The molecule has 1 unspecified atom stereocenters. The van der Waals surface area contributed by atoms with E-state index in [1.165, 1.54) is 15.6 Å². The first-order valence-electron chi connectivity index (χ1n) is 5.83. The summed E-state index contributed by atoms with van der Waals surface area (Å²) in [6, 6.07) is 16.0. The third-order valence-electron chi connectivity index (χ3n) is 3.14. The first kappa shape index (κ1) is 11.3. The maximum atomic E-state index is 6.34. The van der Waals surface area contributed by atoms with Crippen LogP contribution in [0.3, 0.4) is 0 Å². The fourth-order valence-electron chi connectivity index (χ4n) is 2.12. The zero-order valence-electron chi connectivity index (χ0n) is 9.84. The summed E-state index contributed by atoms with van der Waals surface area (Å²) in [6.45, 7) is 0. The molecule has 0 saturated heterocycles. The van der Waals surface area contributed by atoms with Crippen molar-refractivity contribution in [3.8, 4) is 0 Å². The molecule has 0 amide bonds. The first-order chi connectivity index (χ1) is 8.75. The highest BCUT2D eigenvalue weighted by molar-refractivity contribution is 7.17. The standard InChI is InChI=1S/C15H14N2S/c16-11-7-5-10(6-8-11)15(17)13-9-18-14-4-2-1-3-12(13)14/h1-9,15H,16-17H2. The Bertz CT molecular complexity index is 670. The molecule has 0 saturated carbocycles. The van der Waals surface area contributed by atoms with E-state index < -0.39 is 0 Å². The van der Waals surface area contributed by atoms with E-state index in [2.05, 4.69) is 23.6 Å². The van der Waals surface area contributed by atoms with Gasteiger partial charge < -0.3 is 11.5 Å². The van der Waals surface area contributed by atoms with E-state index in [9.17, 15) is 0 Å². The third kappa shape index (κ3) is 1.88. The quantitative estimate of drug-likeness (QED) is 0.687. The van der Waals surface area contributed by atoms with E-state index in [0.717, 1.165) is 11.3 Å². The van der Waals surface area contributed by atoms with Gasteiger partial charge in [-0.3, -0.25) is 0 Å². The summed E-state index contributed by atoms with van der Waals surface area (Å²) in [6.07, 6.45) is 0. The van der Waals surface area contributed by atoms with Gasteiger partial charge in [0.1, 0.15) is 0 Å². The number of fused-ring (bicyclic) bond motifs is 1. The van der Waals surface area contributed by atoms with Crippen LogP contribution in [0.5, 0.6) is 0 Å². The minimum absolute atomic E-state index is 0.0956. The fraction of sp³-hybridized carbons (Fsp3) is 0.0667. The molecule has 18 heavy (non-hydrogen) atoms. The van der Waals surface area contributed by atoms with E-state index in [1.54, 1.807) is 11.3 Å². The minimum atomic E-state index is -0.0956. The average Bonchev–Trinajstić information content (AvgIpc) is 2.82. The summed E-state index contributed by atoms with van der Waals surface area (Å²) in [4.78, 5) is 0. The number of thiophene rings is 1. The summed E-state index contributed by atoms with van der Waals surface area (Å²) < 4.78 is 1.28. The number of rotatable bonds is 2. The predicted octanol–water partition coefficient (Wildman–Crippen LogP) is 3.53. The summed E-state index contributed by atoms with van der Waals surface area (Å²) >= 11 is 1.74. The Morgan fingerprint density at radius 3 is 2.44 bits per heavy atom. The molecular formula is C15H14N2S. The smallest absolute Gasteiger partial charge is 0.0566 e. The second kappa shape index (κ2) is 4.44. The van der Waals surface area contributed by atoms with Gasteiger partial charge in [-0.15, -0.1) is 11.3 Å². The Hall–Kier alpha value is -1.84. The SMILES string of the molecule is Nc1ccc(C(N)c2csc3ccccc23)cc1. The van der Waals surface area contributed by atoms with Crippen molar-refractivity contribution in [3.05, 3.63) is 65.0 Å². The molecule has 0 aliphatic carbocycles. The lowest BCUT2D eigenvalue weighted by molar-refractivity contribution is 0.885. The van der Waals surface area contributed by atoms with E-state index in [-0.39, 0.29) is 6.04 Å². The fourth-order valence-corrected chi connectivity index (χ4v) is 3.12. The average molecular weight is 254 g/mol. The summed E-state index contributed by atoms with van der Waals surface area (Å²) in [5, 5.41) is 3.39. The maximum Gasteiger partial charge on any atom is 0.0566 e. The Kier molecular flexibility index (Phi) is 2.78. The molecule has 2 aromatic carbocycles. The van der Waals surface area contributed by atoms with Crippen LogP contribution in [0.1, 0.15) is 17.2 Å². The van der Waals surface area contributed by atoms with Crippen molar-refractivity contribution >= 4 is 27.1 Å². The molecule has 4 N–H and O–H groups in total. The lowest BCUT2D eigenvalue weighted by atomic mass is 9.99. The number of benzene rings is 2. The molecule has 1 atom stereocenters. The number of anilines is 1. The highest BCUT2D eigenvalue weighted by Gasteiger charge is 2.13. The number of hydrogen-bond acceptors (Lipinski definition) is 3. The van der Waals surface area contributed by atoms with Gasteiger partial charge in [0, 0.05) is 10.4 Å². The van der Waals surface area contributed by atoms with Crippen molar-refractivity contribution in [2.24, 2.45) is 5.73 Å². The summed E-state index contributed by atoms with van der Waals surface area (Å²) in [5.41, 5.74) is 15.1. The molecule has 1 aromatic heterocycles. The Labute approximate surface area is 110 Å². The second-order valence-corrected chi connectivity index (χ2v) is 5.24. The van der Waals surface area contributed by atoms with Crippen molar-refractivity contribution < 1.29 is 0 Å². The molecule has 2 nitrogen and oxygen atoms in total. The van der Waals surface area contributed by atoms with Crippen LogP contribution in [0.2, 0.25) is 0 Å². The van der Waals surface area contributed by atoms with Crippen LogP contribution in [-0.4, -0.2) is 0 Å². The third-order valence-corrected chi connectivity index (χ3v) is 4.12. The highest BCUT2D eigenvalue weighted by atomic mass is 32.1. The van der Waals surface area contributed by atoms with Crippen molar-refractivity contribution in [2.45, 2.75) is 6.04 Å². The van der Waals surface area contributed by atoms with Crippen molar-refractivity contribution in [1.82, 2.24) is 0 Å². The van der Waals surface area contributed by atoms with Crippen LogP contribution in [0.25, 0.3) is 10.1 Å². The second-order valence-electron chi connectivity index (χ2n) is 4.33. The van der Waals surface area contributed by atoms with Gasteiger partial charge in [0.25, 0.3) is 0 Å². The molecule has 0 spiro atoms. The zero-order chi connectivity index (χ0) is 12.5. The number of hydrogen-bond donors (Lipinski definition) is 2. The van der Waals surface area contributed by atoms with Gasteiger partial charge in [0.05, 0.1) is 6.04 Å². The Morgan fingerprint density at radius 1 is 0.944 bits per heavy atom. The van der Waals surface area contributed by atoms with Gasteiger partial charge >= 0.3 is 0 Å². The molecule has 0 bridgehead atoms. The molecule has 3 heteroatoms. The van der Waals surface area contributed by atoms with E-state index in [0.29, 0.717) is 0 Å². The monoisotopic (exact) mass is 254 g/mol. The van der Waals surface area contributed by atoms with Crippen LogP contribution in [-0.2, 0) is 0 Å². The van der Waals surface area contributed by atoms with Crippen LogP contribution in [0.15, 0.2) is 53.9 Å². The molecule has 3 rings (SSSR count). The molecule has 1 heterocycles. The maximum absolute atomic E-state index is 6.34. The van der Waals surface area contributed by atoms with Gasteiger partial charge in [0.15, 0.2) is 0 Å².